The van der Waals surface area contributed by atoms with Gasteiger partial charge in [-0.05, 0) is 56.5 Å². The Bertz CT molecular complexity index is 1170. The standard InChI is InChI=1S/C26H30N2O3S/c1-5-24(22-14-10-19(2)11-15-22)27-26(29)18-28(25-9-7-6-8-21(25)4)32(30,31)23-16-12-20(3)13-17-23/h6-17,24H,5,18H2,1-4H3,(H,27,29). The number of nitrogens with zero attached hydrogens (tertiary/aromatic N) is 1. The van der Waals surface area contributed by atoms with Crippen LogP contribution in [0.25, 0.3) is 0 Å². The van der Waals surface area contributed by atoms with Crippen molar-refractivity contribution in [3.8, 4) is 0 Å². The Hall–Kier alpha value is -3.12. The Morgan fingerprint density at radius 2 is 1.44 bits per heavy atom. The molecule has 0 aliphatic rings. The highest BCUT2D eigenvalue weighted by Gasteiger charge is 2.28. The van der Waals surface area contributed by atoms with E-state index in [2.05, 4.69) is 5.32 Å². The molecule has 0 bridgehead atoms. The van der Waals surface area contributed by atoms with Gasteiger partial charge < -0.3 is 5.32 Å². The number of carbonyl (C=O) groups excluding carboxylic acids is 1. The van der Waals surface area contributed by atoms with E-state index < -0.39 is 10.0 Å². The topological polar surface area (TPSA) is 66.5 Å². The lowest BCUT2D eigenvalue weighted by Gasteiger charge is -2.27. The van der Waals surface area contributed by atoms with E-state index in [0.717, 1.165) is 22.3 Å². The zero-order chi connectivity index (χ0) is 23.3. The number of carbonyl (C=O) groups is 1. The van der Waals surface area contributed by atoms with Crippen molar-refractivity contribution in [2.45, 2.75) is 45.1 Å². The van der Waals surface area contributed by atoms with Crippen molar-refractivity contribution in [3.63, 3.8) is 0 Å². The lowest BCUT2D eigenvalue weighted by Crippen LogP contribution is -2.42. The minimum atomic E-state index is -3.93. The molecule has 0 radical (unpaired) electrons. The largest absolute Gasteiger partial charge is 0.348 e. The first-order valence-electron chi connectivity index (χ1n) is 10.7. The summed E-state index contributed by atoms with van der Waals surface area (Å²) in [6.07, 6.45) is 0.698. The summed E-state index contributed by atoms with van der Waals surface area (Å²) >= 11 is 0. The van der Waals surface area contributed by atoms with Crippen LogP contribution in [0, 0.1) is 20.8 Å². The van der Waals surface area contributed by atoms with Gasteiger partial charge in [-0.3, -0.25) is 9.10 Å². The Morgan fingerprint density at radius 1 is 0.875 bits per heavy atom. The summed E-state index contributed by atoms with van der Waals surface area (Å²) in [5, 5.41) is 3.01. The van der Waals surface area contributed by atoms with Crippen molar-refractivity contribution in [1.29, 1.82) is 0 Å². The molecule has 0 fully saturated rings. The third-order valence-electron chi connectivity index (χ3n) is 5.50. The van der Waals surface area contributed by atoms with Crippen LogP contribution < -0.4 is 9.62 Å². The number of sulfonamides is 1. The van der Waals surface area contributed by atoms with Crippen LogP contribution in [0.3, 0.4) is 0 Å². The fourth-order valence-corrected chi connectivity index (χ4v) is 5.06. The summed E-state index contributed by atoms with van der Waals surface area (Å²) in [7, 11) is -3.93. The van der Waals surface area contributed by atoms with Gasteiger partial charge in [-0.2, -0.15) is 0 Å². The fourth-order valence-electron chi connectivity index (χ4n) is 3.57. The minimum absolute atomic E-state index is 0.157. The van der Waals surface area contributed by atoms with E-state index in [9.17, 15) is 13.2 Å². The Kier molecular flexibility index (Phi) is 7.36. The molecule has 1 N–H and O–H groups in total. The second-order valence-electron chi connectivity index (χ2n) is 8.05. The fraction of sp³-hybridized carbons (Fsp3) is 0.269. The van der Waals surface area contributed by atoms with E-state index in [1.165, 1.54) is 4.31 Å². The molecule has 0 aromatic heterocycles. The molecule has 3 aromatic carbocycles. The van der Waals surface area contributed by atoms with Gasteiger partial charge in [0, 0.05) is 0 Å². The maximum absolute atomic E-state index is 13.5. The van der Waals surface area contributed by atoms with Crippen LogP contribution in [-0.4, -0.2) is 20.9 Å². The average Bonchev–Trinajstić information content (AvgIpc) is 2.77. The predicted octanol–water partition coefficient (Wildman–Crippen LogP) is 5.07. The molecule has 1 atom stereocenters. The zero-order valence-corrected chi connectivity index (χ0v) is 19.8. The van der Waals surface area contributed by atoms with Crippen LogP contribution in [0.5, 0.6) is 0 Å². The summed E-state index contributed by atoms with van der Waals surface area (Å²) in [4.78, 5) is 13.2. The first-order valence-corrected chi connectivity index (χ1v) is 12.2. The van der Waals surface area contributed by atoms with E-state index in [1.807, 2.05) is 64.1 Å². The molecule has 0 heterocycles. The molecule has 6 heteroatoms. The lowest BCUT2D eigenvalue weighted by atomic mass is 10.0. The van der Waals surface area contributed by atoms with Gasteiger partial charge >= 0.3 is 0 Å². The van der Waals surface area contributed by atoms with E-state index in [4.69, 9.17) is 0 Å². The zero-order valence-electron chi connectivity index (χ0n) is 19.0. The third-order valence-corrected chi connectivity index (χ3v) is 7.28. The normalized spacial score (nSPS) is 12.2. The second-order valence-corrected chi connectivity index (χ2v) is 9.91. The molecule has 0 spiro atoms. The van der Waals surface area contributed by atoms with Gasteiger partial charge in [0.25, 0.3) is 10.0 Å². The predicted molar refractivity (Wildman–Crippen MR) is 129 cm³/mol. The number of amides is 1. The van der Waals surface area contributed by atoms with E-state index in [1.54, 1.807) is 36.4 Å². The van der Waals surface area contributed by atoms with Gasteiger partial charge in [-0.1, -0.05) is 72.6 Å². The summed E-state index contributed by atoms with van der Waals surface area (Å²) < 4.78 is 28.3. The van der Waals surface area contributed by atoms with Gasteiger partial charge in [0.15, 0.2) is 0 Å². The van der Waals surface area contributed by atoms with Crippen molar-refractivity contribution >= 4 is 21.6 Å². The van der Waals surface area contributed by atoms with Gasteiger partial charge in [-0.25, -0.2) is 8.42 Å². The summed E-state index contributed by atoms with van der Waals surface area (Å²) in [6.45, 7) is 7.45. The highest BCUT2D eigenvalue weighted by atomic mass is 32.2. The van der Waals surface area contributed by atoms with Gasteiger partial charge in [-0.15, -0.1) is 0 Å². The van der Waals surface area contributed by atoms with Crippen LogP contribution in [0.2, 0.25) is 0 Å². The van der Waals surface area contributed by atoms with Crippen LogP contribution in [0.4, 0.5) is 5.69 Å². The summed E-state index contributed by atoms with van der Waals surface area (Å²) in [5.74, 6) is -0.351. The van der Waals surface area contributed by atoms with Gasteiger partial charge in [0.1, 0.15) is 6.54 Å². The summed E-state index contributed by atoms with van der Waals surface area (Å²) in [6, 6.07) is 21.7. The molecule has 32 heavy (non-hydrogen) atoms. The molecule has 3 aromatic rings. The Balaban J connectivity index is 1.92. The highest BCUT2D eigenvalue weighted by Crippen LogP contribution is 2.27. The molecule has 0 saturated heterocycles. The van der Waals surface area contributed by atoms with Crippen LogP contribution in [0.15, 0.2) is 77.7 Å². The maximum atomic E-state index is 13.5. The molecule has 1 unspecified atom stereocenters. The first-order chi connectivity index (χ1) is 15.2. The number of nitrogens with one attached hydrogen (secondary N) is 1. The minimum Gasteiger partial charge on any atom is -0.348 e. The third kappa shape index (κ3) is 5.37. The smallest absolute Gasteiger partial charge is 0.264 e. The molecule has 5 nitrogen and oxygen atoms in total. The number of para-hydroxylation sites is 1. The monoisotopic (exact) mass is 450 g/mol. The molecule has 0 aliphatic heterocycles. The number of hydrogen-bond acceptors (Lipinski definition) is 3. The average molecular weight is 451 g/mol. The number of aryl methyl sites for hydroxylation is 3. The number of anilines is 1. The van der Waals surface area contributed by atoms with Crippen LogP contribution in [0.1, 0.15) is 41.6 Å². The maximum Gasteiger partial charge on any atom is 0.264 e. The van der Waals surface area contributed by atoms with Crippen LogP contribution in [-0.2, 0) is 14.8 Å². The molecule has 3 rings (SSSR count). The van der Waals surface area contributed by atoms with Gasteiger partial charge in [0.05, 0.1) is 16.6 Å². The number of rotatable bonds is 8. The lowest BCUT2D eigenvalue weighted by molar-refractivity contribution is -0.120. The quantitative estimate of drug-likeness (QED) is 0.521. The molecule has 1 amide bonds. The Labute approximate surface area is 191 Å². The van der Waals surface area contributed by atoms with Crippen LogP contribution >= 0.6 is 0 Å². The molecular weight excluding hydrogens is 420 g/mol. The number of hydrogen-bond donors (Lipinski definition) is 1. The SMILES string of the molecule is CCC(NC(=O)CN(c1ccccc1C)S(=O)(=O)c1ccc(C)cc1)c1ccc(C)cc1. The van der Waals surface area contributed by atoms with Crippen molar-refractivity contribution in [1.82, 2.24) is 5.32 Å². The van der Waals surface area contributed by atoms with Crippen molar-refractivity contribution < 1.29 is 13.2 Å². The van der Waals surface area contributed by atoms with Crippen molar-refractivity contribution in [3.05, 3.63) is 95.1 Å². The molecule has 0 aliphatic carbocycles. The Morgan fingerprint density at radius 3 is 2.00 bits per heavy atom. The number of benzene rings is 3. The van der Waals surface area contributed by atoms with E-state index in [-0.39, 0.29) is 23.4 Å². The molecule has 168 valence electrons. The van der Waals surface area contributed by atoms with E-state index in [0.29, 0.717) is 12.1 Å². The second kappa shape index (κ2) is 10.0. The van der Waals surface area contributed by atoms with Crippen molar-refractivity contribution in [2.24, 2.45) is 0 Å². The highest BCUT2D eigenvalue weighted by molar-refractivity contribution is 7.92. The van der Waals surface area contributed by atoms with Crippen molar-refractivity contribution in [2.75, 3.05) is 10.8 Å². The van der Waals surface area contributed by atoms with Gasteiger partial charge in [0.2, 0.25) is 5.91 Å². The first kappa shape index (κ1) is 23.5. The summed E-state index contributed by atoms with van der Waals surface area (Å²) in [5.41, 5.74) is 4.38. The molecule has 0 saturated carbocycles. The molecular formula is C26H30N2O3S. The van der Waals surface area contributed by atoms with E-state index >= 15 is 0 Å².